The van der Waals surface area contributed by atoms with Crippen LogP contribution in [0.3, 0.4) is 0 Å². The molecule has 0 spiro atoms. The number of aliphatic hydroxyl groups is 1. The van der Waals surface area contributed by atoms with E-state index in [0.717, 1.165) is 12.1 Å². The van der Waals surface area contributed by atoms with E-state index in [1.165, 1.54) is 6.07 Å². The van der Waals surface area contributed by atoms with E-state index < -0.39 is 17.7 Å². The second-order valence-corrected chi connectivity index (χ2v) is 4.77. The van der Waals surface area contributed by atoms with Gasteiger partial charge in [-0.3, -0.25) is 4.79 Å². The van der Waals surface area contributed by atoms with Gasteiger partial charge in [-0.15, -0.1) is 0 Å². The molecule has 1 atom stereocenters. The lowest BCUT2D eigenvalue weighted by Crippen LogP contribution is -2.14. The molecule has 2 aromatic rings. The van der Waals surface area contributed by atoms with Gasteiger partial charge < -0.3 is 10.4 Å². The normalized spacial score (nSPS) is 12.0. The molecule has 21 heavy (non-hydrogen) atoms. The molecular formula is C16H15F2NO2. The maximum absolute atomic E-state index is 13.1. The Morgan fingerprint density at radius 1 is 1.19 bits per heavy atom. The van der Waals surface area contributed by atoms with E-state index in [4.69, 9.17) is 0 Å². The van der Waals surface area contributed by atoms with Crippen LogP contribution in [0.1, 0.15) is 24.2 Å². The summed E-state index contributed by atoms with van der Waals surface area (Å²) in [5.41, 5.74) is 1.61. The van der Waals surface area contributed by atoms with Crippen LogP contribution in [0, 0.1) is 11.6 Å². The van der Waals surface area contributed by atoms with Crippen LogP contribution in [0.15, 0.2) is 42.5 Å². The SMILES string of the molecule is CC(O)c1cccc(NC(=O)Cc2ccc(F)c(F)c2)c1. The third-order valence-electron chi connectivity index (χ3n) is 3.00. The first kappa shape index (κ1) is 15.1. The maximum Gasteiger partial charge on any atom is 0.228 e. The van der Waals surface area contributed by atoms with Crippen LogP contribution in [0.25, 0.3) is 0 Å². The molecule has 0 fully saturated rings. The van der Waals surface area contributed by atoms with Crippen LogP contribution >= 0.6 is 0 Å². The van der Waals surface area contributed by atoms with E-state index in [1.54, 1.807) is 31.2 Å². The van der Waals surface area contributed by atoms with Gasteiger partial charge in [-0.2, -0.15) is 0 Å². The molecule has 0 bridgehead atoms. The second-order valence-electron chi connectivity index (χ2n) is 4.77. The fraction of sp³-hybridized carbons (Fsp3) is 0.188. The molecule has 0 aromatic heterocycles. The highest BCUT2D eigenvalue weighted by Crippen LogP contribution is 2.17. The standard InChI is InChI=1S/C16H15F2NO2/c1-10(20)12-3-2-4-13(9-12)19-16(21)8-11-5-6-14(17)15(18)7-11/h2-7,9-10,20H,8H2,1H3,(H,19,21). The van der Waals surface area contributed by atoms with Gasteiger partial charge in [-0.1, -0.05) is 18.2 Å². The summed E-state index contributed by atoms with van der Waals surface area (Å²) in [4.78, 5) is 11.9. The van der Waals surface area contributed by atoms with E-state index in [-0.39, 0.29) is 12.3 Å². The molecule has 0 saturated heterocycles. The number of carbonyl (C=O) groups is 1. The van der Waals surface area contributed by atoms with Gasteiger partial charge in [-0.25, -0.2) is 8.78 Å². The summed E-state index contributed by atoms with van der Waals surface area (Å²) in [5, 5.41) is 12.1. The summed E-state index contributed by atoms with van der Waals surface area (Å²) in [6.45, 7) is 1.63. The summed E-state index contributed by atoms with van der Waals surface area (Å²) >= 11 is 0. The van der Waals surface area contributed by atoms with Crippen LogP contribution < -0.4 is 5.32 Å². The van der Waals surface area contributed by atoms with Crippen molar-refractivity contribution in [2.45, 2.75) is 19.4 Å². The topological polar surface area (TPSA) is 49.3 Å². The predicted molar refractivity (Wildman–Crippen MR) is 75.8 cm³/mol. The Morgan fingerprint density at radius 2 is 1.95 bits per heavy atom. The predicted octanol–water partition coefficient (Wildman–Crippen LogP) is 3.20. The number of nitrogens with one attached hydrogen (secondary N) is 1. The highest BCUT2D eigenvalue weighted by atomic mass is 19.2. The van der Waals surface area contributed by atoms with Crippen molar-refractivity contribution in [1.82, 2.24) is 0 Å². The number of rotatable bonds is 4. The van der Waals surface area contributed by atoms with Crippen molar-refractivity contribution >= 4 is 11.6 Å². The molecule has 110 valence electrons. The molecule has 0 radical (unpaired) electrons. The number of benzene rings is 2. The van der Waals surface area contributed by atoms with E-state index >= 15 is 0 Å². The van der Waals surface area contributed by atoms with Gasteiger partial charge in [0.25, 0.3) is 0 Å². The van der Waals surface area contributed by atoms with Gasteiger partial charge in [0.1, 0.15) is 0 Å². The average Bonchev–Trinajstić information content (AvgIpc) is 2.43. The molecule has 0 heterocycles. The molecule has 0 aliphatic heterocycles. The fourth-order valence-electron chi connectivity index (χ4n) is 1.92. The Morgan fingerprint density at radius 3 is 2.62 bits per heavy atom. The van der Waals surface area contributed by atoms with E-state index in [9.17, 15) is 18.7 Å². The summed E-state index contributed by atoms with van der Waals surface area (Å²) < 4.78 is 25.9. The molecule has 0 aliphatic carbocycles. The number of amides is 1. The van der Waals surface area contributed by atoms with Crippen LogP contribution in [0.5, 0.6) is 0 Å². The molecule has 0 aliphatic rings. The van der Waals surface area contributed by atoms with Crippen molar-refractivity contribution in [2.75, 3.05) is 5.32 Å². The monoisotopic (exact) mass is 291 g/mol. The van der Waals surface area contributed by atoms with Crippen LogP contribution in [0.2, 0.25) is 0 Å². The van der Waals surface area contributed by atoms with Crippen molar-refractivity contribution in [2.24, 2.45) is 0 Å². The highest BCUT2D eigenvalue weighted by molar-refractivity contribution is 5.92. The highest BCUT2D eigenvalue weighted by Gasteiger charge is 2.08. The Balaban J connectivity index is 2.04. The number of carbonyl (C=O) groups excluding carboxylic acids is 1. The van der Waals surface area contributed by atoms with Crippen molar-refractivity contribution in [3.8, 4) is 0 Å². The zero-order valence-electron chi connectivity index (χ0n) is 11.4. The zero-order chi connectivity index (χ0) is 15.4. The first-order chi connectivity index (χ1) is 9.95. The van der Waals surface area contributed by atoms with Gasteiger partial charge in [-0.05, 0) is 42.3 Å². The lowest BCUT2D eigenvalue weighted by molar-refractivity contribution is -0.115. The molecular weight excluding hydrogens is 276 g/mol. The summed E-state index contributed by atoms with van der Waals surface area (Å²) in [6.07, 6.45) is -0.691. The first-order valence-electron chi connectivity index (χ1n) is 6.47. The van der Waals surface area contributed by atoms with Crippen molar-refractivity contribution in [1.29, 1.82) is 0 Å². The number of hydrogen-bond acceptors (Lipinski definition) is 2. The molecule has 3 nitrogen and oxygen atoms in total. The van der Waals surface area contributed by atoms with Gasteiger partial charge in [0, 0.05) is 5.69 Å². The summed E-state index contributed by atoms with van der Waals surface area (Å²) in [6, 6.07) is 10.2. The van der Waals surface area contributed by atoms with Crippen LogP contribution in [-0.2, 0) is 11.2 Å². The lowest BCUT2D eigenvalue weighted by atomic mass is 10.1. The van der Waals surface area contributed by atoms with E-state index in [2.05, 4.69) is 5.32 Å². The smallest absolute Gasteiger partial charge is 0.228 e. The summed E-state index contributed by atoms with van der Waals surface area (Å²) in [7, 11) is 0. The molecule has 2 rings (SSSR count). The molecule has 5 heteroatoms. The minimum atomic E-state index is -0.976. The zero-order valence-corrected chi connectivity index (χ0v) is 11.4. The number of anilines is 1. The van der Waals surface area contributed by atoms with Crippen LogP contribution in [-0.4, -0.2) is 11.0 Å². The van der Waals surface area contributed by atoms with Crippen LogP contribution in [0.4, 0.5) is 14.5 Å². The van der Waals surface area contributed by atoms with E-state index in [1.807, 2.05) is 0 Å². The number of hydrogen-bond donors (Lipinski definition) is 2. The Kier molecular flexibility index (Phi) is 4.65. The lowest BCUT2D eigenvalue weighted by Gasteiger charge is -2.09. The maximum atomic E-state index is 13.1. The van der Waals surface area contributed by atoms with Gasteiger partial charge in [0.15, 0.2) is 11.6 Å². The third kappa shape index (κ3) is 4.10. The molecule has 0 saturated carbocycles. The Hall–Kier alpha value is -2.27. The van der Waals surface area contributed by atoms with Gasteiger partial charge >= 0.3 is 0 Å². The Labute approximate surface area is 121 Å². The second kappa shape index (κ2) is 6.45. The quantitative estimate of drug-likeness (QED) is 0.909. The number of halogens is 2. The van der Waals surface area contributed by atoms with Gasteiger partial charge in [0.2, 0.25) is 5.91 Å². The molecule has 2 N–H and O–H groups in total. The van der Waals surface area contributed by atoms with Crippen molar-refractivity contribution in [3.63, 3.8) is 0 Å². The fourth-order valence-corrected chi connectivity index (χ4v) is 1.92. The number of aliphatic hydroxyl groups excluding tert-OH is 1. The third-order valence-corrected chi connectivity index (χ3v) is 3.00. The van der Waals surface area contributed by atoms with Gasteiger partial charge in [0.05, 0.1) is 12.5 Å². The largest absolute Gasteiger partial charge is 0.389 e. The molecule has 1 amide bonds. The Bertz CT molecular complexity index is 656. The van der Waals surface area contributed by atoms with Crippen molar-refractivity contribution < 1.29 is 18.7 Å². The summed E-state index contributed by atoms with van der Waals surface area (Å²) in [5.74, 6) is -2.26. The molecule has 1 unspecified atom stereocenters. The minimum Gasteiger partial charge on any atom is -0.389 e. The first-order valence-corrected chi connectivity index (χ1v) is 6.47. The van der Waals surface area contributed by atoms with Crippen molar-refractivity contribution in [3.05, 3.63) is 65.2 Å². The average molecular weight is 291 g/mol. The van der Waals surface area contributed by atoms with E-state index in [0.29, 0.717) is 16.8 Å². The minimum absolute atomic E-state index is 0.0594. The molecule has 2 aromatic carbocycles.